The van der Waals surface area contributed by atoms with Crippen LogP contribution in [-0.2, 0) is 16.1 Å². The van der Waals surface area contributed by atoms with Gasteiger partial charge in [0.1, 0.15) is 5.75 Å². The zero-order valence-corrected chi connectivity index (χ0v) is 26.6. The first-order valence-corrected chi connectivity index (χ1v) is 16.4. The standard InChI is InChI=1S/C39H35NO6S/c1-25(42)29-9-6-12-32(22-29)40-38(44)30-10-5-11-31(21-30)39-45-35(24-47-34-19-17-33(43)18-20-34)36(27-7-3-2-4-8-27)37(46-39)28-15-13-26(23-41)14-16-28/h2-22,35-37,39,41,43H,23-24H2,1H3,(H,40,44)/t35-,36-,37+,39?/m1/s1. The van der Waals surface area contributed by atoms with Crippen molar-refractivity contribution in [1.29, 1.82) is 0 Å². The van der Waals surface area contributed by atoms with Gasteiger partial charge in [0.05, 0.1) is 18.8 Å². The fourth-order valence-electron chi connectivity index (χ4n) is 5.72. The first-order valence-electron chi connectivity index (χ1n) is 15.4. The number of anilines is 1. The number of ether oxygens (including phenoxy) is 2. The van der Waals surface area contributed by atoms with Crippen LogP contribution in [0.4, 0.5) is 5.69 Å². The number of Topliss-reactive ketones (excluding diaryl/α,β-unsaturated/α-hetero) is 1. The maximum atomic E-state index is 13.3. The Kier molecular flexibility index (Phi) is 10.1. The SMILES string of the molecule is CC(=O)c1cccc(NC(=O)c2cccc(C3O[C@H](CSc4ccc(O)cc4)[C@@H](c4ccccc4)[C@H](c4ccc(CO)cc4)O3)c2)c1. The number of phenolic OH excluding ortho intramolecular Hbond substituents is 1. The van der Waals surface area contributed by atoms with Gasteiger partial charge in [0.25, 0.3) is 5.91 Å². The number of carbonyl (C=O) groups excluding carboxylic acids is 2. The molecule has 0 aromatic heterocycles. The summed E-state index contributed by atoms with van der Waals surface area (Å²) in [6.45, 7) is 1.43. The molecular weight excluding hydrogens is 610 g/mol. The first-order chi connectivity index (χ1) is 22.9. The number of nitrogens with one attached hydrogen (secondary N) is 1. The van der Waals surface area contributed by atoms with E-state index in [-0.39, 0.29) is 36.1 Å². The molecule has 0 saturated carbocycles. The molecule has 6 rings (SSSR count). The van der Waals surface area contributed by atoms with Crippen LogP contribution in [0.2, 0.25) is 0 Å². The van der Waals surface area contributed by atoms with Gasteiger partial charge in [0.15, 0.2) is 12.1 Å². The number of rotatable bonds is 10. The van der Waals surface area contributed by atoms with Crippen molar-refractivity contribution in [2.24, 2.45) is 0 Å². The summed E-state index contributed by atoms with van der Waals surface area (Å²) < 4.78 is 13.6. The van der Waals surface area contributed by atoms with E-state index < -0.39 is 12.4 Å². The molecule has 1 fully saturated rings. The number of carbonyl (C=O) groups is 2. The molecule has 5 aromatic carbocycles. The Bertz CT molecular complexity index is 1830. The van der Waals surface area contributed by atoms with E-state index in [2.05, 4.69) is 17.4 Å². The zero-order valence-electron chi connectivity index (χ0n) is 25.8. The minimum Gasteiger partial charge on any atom is -0.508 e. The monoisotopic (exact) mass is 645 g/mol. The quantitative estimate of drug-likeness (QED) is 0.104. The molecule has 7 nitrogen and oxygen atoms in total. The Hall–Kier alpha value is -4.73. The van der Waals surface area contributed by atoms with Crippen molar-refractivity contribution < 1.29 is 29.3 Å². The van der Waals surface area contributed by atoms with E-state index in [4.69, 9.17) is 9.47 Å². The van der Waals surface area contributed by atoms with Crippen molar-refractivity contribution in [2.45, 2.75) is 42.8 Å². The molecule has 47 heavy (non-hydrogen) atoms. The summed E-state index contributed by atoms with van der Waals surface area (Å²) in [5.74, 6) is 0.239. The van der Waals surface area contributed by atoms with Crippen LogP contribution in [0.25, 0.3) is 0 Å². The van der Waals surface area contributed by atoms with Crippen molar-refractivity contribution in [2.75, 3.05) is 11.1 Å². The van der Waals surface area contributed by atoms with Crippen molar-refractivity contribution >= 4 is 29.1 Å². The van der Waals surface area contributed by atoms with Crippen molar-refractivity contribution in [3.8, 4) is 5.75 Å². The van der Waals surface area contributed by atoms with E-state index >= 15 is 0 Å². The number of hydrogen-bond donors (Lipinski definition) is 3. The van der Waals surface area contributed by atoms with Gasteiger partial charge in [-0.3, -0.25) is 9.59 Å². The third kappa shape index (κ3) is 7.81. The molecule has 1 unspecified atom stereocenters. The van der Waals surface area contributed by atoms with Gasteiger partial charge in [-0.15, -0.1) is 11.8 Å². The number of thioether (sulfide) groups is 1. The van der Waals surface area contributed by atoms with Crippen LogP contribution < -0.4 is 5.32 Å². The Morgan fingerprint density at radius 3 is 2.17 bits per heavy atom. The molecule has 0 radical (unpaired) electrons. The summed E-state index contributed by atoms with van der Waals surface area (Å²) in [5.41, 5.74) is 4.98. The van der Waals surface area contributed by atoms with Crippen LogP contribution in [0.15, 0.2) is 132 Å². The minimum absolute atomic E-state index is 0.0561. The lowest BCUT2D eigenvalue weighted by atomic mass is 9.84. The molecule has 0 aliphatic carbocycles. The van der Waals surface area contributed by atoms with Gasteiger partial charge in [-0.25, -0.2) is 0 Å². The van der Waals surface area contributed by atoms with Gasteiger partial charge in [-0.05, 0) is 72.1 Å². The topological polar surface area (TPSA) is 105 Å². The predicted octanol–water partition coefficient (Wildman–Crippen LogP) is 8.07. The number of phenols is 1. The average molecular weight is 646 g/mol. The van der Waals surface area contributed by atoms with Gasteiger partial charge in [0.2, 0.25) is 0 Å². The summed E-state index contributed by atoms with van der Waals surface area (Å²) in [6.07, 6.45) is -1.48. The molecule has 1 aliphatic rings. The molecule has 1 heterocycles. The number of ketones is 1. The molecule has 0 spiro atoms. The highest BCUT2D eigenvalue weighted by atomic mass is 32.2. The smallest absolute Gasteiger partial charge is 0.255 e. The lowest BCUT2D eigenvalue weighted by molar-refractivity contribution is -0.255. The number of aliphatic hydroxyl groups excluding tert-OH is 1. The van der Waals surface area contributed by atoms with Crippen LogP contribution in [-0.4, -0.2) is 33.8 Å². The Balaban J connectivity index is 1.33. The van der Waals surface area contributed by atoms with E-state index in [1.54, 1.807) is 66.4 Å². The van der Waals surface area contributed by atoms with Crippen LogP contribution >= 0.6 is 11.8 Å². The first kappa shape index (κ1) is 32.2. The molecule has 5 aromatic rings. The number of amides is 1. The van der Waals surface area contributed by atoms with E-state index in [0.717, 1.165) is 21.6 Å². The summed E-state index contributed by atoms with van der Waals surface area (Å²) in [4.78, 5) is 26.2. The third-order valence-corrected chi connectivity index (χ3v) is 9.27. The van der Waals surface area contributed by atoms with Crippen LogP contribution in [0.3, 0.4) is 0 Å². The van der Waals surface area contributed by atoms with Crippen LogP contribution in [0.5, 0.6) is 5.75 Å². The van der Waals surface area contributed by atoms with Crippen molar-refractivity contribution in [3.05, 3.63) is 161 Å². The highest BCUT2D eigenvalue weighted by molar-refractivity contribution is 7.99. The fourth-order valence-corrected chi connectivity index (χ4v) is 6.69. The summed E-state index contributed by atoms with van der Waals surface area (Å²) in [7, 11) is 0. The van der Waals surface area contributed by atoms with Gasteiger partial charge in [-0.1, -0.05) is 78.9 Å². The molecule has 1 amide bonds. The normalized spacial score (nSPS) is 19.2. The Labute approximate surface area is 278 Å². The van der Waals surface area contributed by atoms with Gasteiger partial charge < -0.3 is 25.0 Å². The van der Waals surface area contributed by atoms with Crippen LogP contribution in [0, 0.1) is 0 Å². The fraction of sp³-hybridized carbons (Fsp3) is 0.179. The molecule has 4 atom stereocenters. The molecule has 8 heteroatoms. The molecule has 1 saturated heterocycles. The second-order valence-electron chi connectivity index (χ2n) is 11.4. The summed E-state index contributed by atoms with van der Waals surface area (Å²) in [6, 6.07) is 39.1. The lowest BCUT2D eigenvalue weighted by Crippen LogP contribution is -2.38. The summed E-state index contributed by atoms with van der Waals surface area (Å²) >= 11 is 1.63. The molecule has 3 N–H and O–H groups in total. The van der Waals surface area contributed by atoms with E-state index in [9.17, 15) is 19.8 Å². The molecule has 1 aliphatic heterocycles. The second kappa shape index (κ2) is 14.8. The molecule has 0 bridgehead atoms. The van der Waals surface area contributed by atoms with Gasteiger partial charge in [-0.2, -0.15) is 0 Å². The number of aliphatic hydroxyl groups is 1. The maximum absolute atomic E-state index is 13.3. The molecule has 238 valence electrons. The summed E-state index contributed by atoms with van der Waals surface area (Å²) in [5, 5.41) is 22.4. The maximum Gasteiger partial charge on any atom is 0.255 e. The van der Waals surface area contributed by atoms with Crippen LogP contribution in [0.1, 0.15) is 68.2 Å². The lowest BCUT2D eigenvalue weighted by Gasteiger charge is -2.43. The van der Waals surface area contributed by atoms with Gasteiger partial charge in [0, 0.05) is 38.9 Å². The van der Waals surface area contributed by atoms with Crippen molar-refractivity contribution in [1.82, 2.24) is 0 Å². The Morgan fingerprint density at radius 2 is 1.45 bits per heavy atom. The van der Waals surface area contributed by atoms with E-state index in [0.29, 0.717) is 28.1 Å². The predicted molar refractivity (Wildman–Crippen MR) is 183 cm³/mol. The second-order valence-corrected chi connectivity index (χ2v) is 12.5. The zero-order chi connectivity index (χ0) is 32.8. The highest BCUT2D eigenvalue weighted by Crippen LogP contribution is 2.48. The average Bonchev–Trinajstić information content (AvgIpc) is 3.11. The number of hydrogen-bond acceptors (Lipinski definition) is 7. The van der Waals surface area contributed by atoms with E-state index in [1.165, 1.54) is 6.92 Å². The number of benzene rings is 5. The van der Waals surface area contributed by atoms with Gasteiger partial charge >= 0.3 is 0 Å². The minimum atomic E-state index is -0.781. The largest absolute Gasteiger partial charge is 0.508 e. The van der Waals surface area contributed by atoms with Crippen molar-refractivity contribution in [3.63, 3.8) is 0 Å². The molecular formula is C39H35NO6S. The van der Waals surface area contributed by atoms with E-state index in [1.807, 2.05) is 60.7 Å². The Morgan fingerprint density at radius 1 is 0.745 bits per heavy atom. The highest BCUT2D eigenvalue weighted by Gasteiger charge is 2.42. The number of aromatic hydroxyl groups is 1. The third-order valence-electron chi connectivity index (χ3n) is 8.17.